The molecule has 0 bridgehead atoms. The van der Waals surface area contributed by atoms with Gasteiger partial charge < -0.3 is 14.2 Å². The molecule has 3 aliphatic rings. The number of rotatable bonds is 6. The summed E-state index contributed by atoms with van der Waals surface area (Å²) in [5.41, 5.74) is 0. The van der Waals surface area contributed by atoms with Crippen molar-refractivity contribution in [3.63, 3.8) is 0 Å². The van der Waals surface area contributed by atoms with Crippen LogP contribution in [-0.2, 0) is 19.0 Å². The van der Waals surface area contributed by atoms with Crippen LogP contribution in [-0.4, -0.2) is 31.1 Å². The highest BCUT2D eigenvalue weighted by Gasteiger charge is 2.47. The highest BCUT2D eigenvalue weighted by Crippen LogP contribution is 2.45. The summed E-state index contributed by atoms with van der Waals surface area (Å²) in [5, 5.41) is 0. The molecule has 3 rings (SSSR count). The minimum Gasteiger partial charge on any atom is -0.462 e. The maximum Gasteiger partial charge on any atom is 0.306 e. The van der Waals surface area contributed by atoms with E-state index in [1.165, 1.54) is 0 Å². The monoisotopic (exact) mass is 360 g/mol. The maximum absolute atomic E-state index is 11.6. The number of carbonyl (C=O) groups excluding carboxylic acids is 1. The highest BCUT2D eigenvalue weighted by atomic mass is 16.7. The second-order valence-corrected chi connectivity index (χ2v) is 8.08. The number of fused-ring (bicyclic) bond motifs is 1. The zero-order valence-corrected chi connectivity index (χ0v) is 16.3. The van der Waals surface area contributed by atoms with Crippen molar-refractivity contribution in [1.82, 2.24) is 0 Å². The first-order valence-corrected chi connectivity index (χ1v) is 10.1. The SMILES string of the molecule is CC#CCC(C)[C@@H](/C=C/[C@@H]1[C@H]2CC(=O)O[C@H]2C[C@H]1C)OC1CCCCO1. The Bertz CT molecular complexity index is 566. The van der Waals surface area contributed by atoms with Crippen LogP contribution in [0.5, 0.6) is 0 Å². The summed E-state index contributed by atoms with van der Waals surface area (Å²) in [6.07, 6.45) is 10.0. The molecular weight excluding hydrogens is 328 g/mol. The zero-order valence-electron chi connectivity index (χ0n) is 16.3. The number of ether oxygens (including phenoxy) is 3. The fraction of sp³-hybridized carbons (Fsp3) is 0.773. The highest BCUT2D eigenvalue weighted by molar-refractivity contribution is 5.72. The van der Waals surface area contributed by atoms with E-state index >= 15 is 0 Å². The van der Waals surface area contributed by atoms with Gasteiger partial charge in [0.25, 0.3) is 0 Å². The topological polar surface area (TPSA) is 44.8 Å². The average molecular weight is 360 g/mol. The van der Waals surface area contributed by atoms with Crippen molar-refractivity contribution >= 4 is 5.97 Å². The van der Waals surface area contributed by atoms with E-state index < -0.39 is 0 Å². The summed E-state index contributed by atoms with van der Waals surface area (Å²) in [4.78, 5) is 11.6. The lowest BCUT2D eigenvalue weighted by molar-refractivity contribution is -0.186. The van der Waals surface area contributed by atoms with E-state index in [1.807, 2.05) is 6.92 Å². The molecule has 0 aromatic rings. The second-order valence-electron chi connectivity index (χ2n) is 8.08. The standard InChI is InChI=1S/C22H32O4/c1-4-5-8-15(2)19(26-22-9-6-7-12-24-22)11-10-17-16(3)13-20-18(17)14-21(23)25-20/h10-11,15-20,22H,6-9,12-14H2,1-3H3/b11-10+/t15?,16-,17+,18-,19-,20+,22?/m1/s1. The van der Waals surface area contributed by atoms with Crippen LogP contribution in [0.1, 0.15) is 59.3 Å². The summed E-state index contributed by atoms with van der Waals surface area (Å²) >= 11 is 0. The fourth-order valence-corrected chi connectivity index (χ4v) is 4.49. The molecule has 0 aromatic heterocycles. The summed E-state index contributed by atoms with van der Waals surface area (Å²) in [7, 11) is 0. The normalized spacial score (nSPS) is 36.3. The number of hydrogen-bond acceptors (Lipinski definition) is 4. The molecule has 26 heavy (non-hydrogen) atoms. The van der Waals surface area contributed by atoms with E-state index in [-0.39, 0.29) is 24.5 Å². The fourth-order valence-electron chi connectivity index (χ4n) is 4.49. The van der Waals surface area contributed by atoms with Crippen LogP contribution in [0.2, 0.25) is 0 Å². The summed E-state index contributed by atoms with van der Waals surface area (Å²) < 4.78 is 17.6. The quantitative estimate of drug-likeness (QED) is 0.406. The first-order chi connectivity index (χ1) is 12.6. The Morgan fingerprint density at radius 1 is 1.38 bits per heavy atom. The van der Waals surface area contributed by atoms with E-state index in [0.717, 1.165) is 38.7 Å². The van der Waals surface area contributed by atoms with Gasteiger partial charge in [0, 0.05) is 18.9 Å². The molecule has 0 aromatic carbocycles. The largest absolute Gasteiger partial charge is 0.462 e. The third-order valence-electron chi connectivity index (χ3n) is 6.05. The molecule has 2 unspecified atom stereocenters. The Morgan fingerprint density at radius 3 is 2.96 bits per heavy atom. The Balaban J connectivity index is 1.67. The predicted molar refractivity (Wildman–Crippen MR) is 100 cm³/mol. The number of esters is 1. The zero-order chi connectivity index (χ0) is 18.5. The summed E-state index contributed by atoms with van der Waals surface area (Å²) in [6, 6.07) is 0. The number of carbonyl (C=O) groups is 1. The van der Waals surface area contributed by atoms with E-state index in [1.54, 1.807) is 0 Å². The molecule has 2 saturated heterocycles. The molecule has 4 heteroatoms. The summed E-state index contributed by atoms with van der Waals surface area (Å²) in [5.74, 6) is 7.66. The lowest BCUT2D eigenvalue weighted by Crippen LogP contribution is -2.30. The van der Waals surface area contributed by atoms with Crippen molar-refractivity contribution in [2.75, 3.05) is 6.61 Å². The van der Waals surface area contributed by atoms with Gasteiger partial charge in [0.05, 0.1) is 12.5 Å². The van der Waals surface area contributed by atoms with Crippen molar-refractivity contribution in [2.24, 2.45) is 23.7 Å². The molecule has 1 saturated carbocycles. The van der Waals surface area contributed by atoms with E-state index in [4.69, 9.17) is 14.2 Å². The van der Waals surface area contributed by atoms with Crippen molar-refractivity contribution in [1.29, 1.82) is 0 Å². The van der Waals surface area contributed by atoms with Gasteiger partial charge >= 0.3 is 5.97 Å². The molecule has 144 valence electrons. The maximum atomic E-state index is 11.6. The average Bonchev–Trinajstić information content (AvgIpc) is 3.12. The minimum atomic E-state index is -0.111. The third kappa shape index (κ3) is 4.69. The molecule has 0 amide bonds. The van der Waals surface area contributed by atoms with Crippen LogP contribution >= 0.6 is 0 Å². The number of allylic oxidation sites excluding steroid dienone is 1. The van der Waals surface area contributed by atoms with Gasteiger partial charge in [0.1, 0.15) is 6.10 Å². The molecule has 0 radical (unpaired) electrons. The smallest absolute Gasteiger partial charge is 0.306 e. The van der Waals surface area contributed by atoms with E-state index in [0.29, 0.717) is 30.1 Å². The molecule has 1 aliphatic carbocycles. The lowest BCUT2D eigenvalue weighted by Gasteiger charge is -2.29. The van der Waals surface area contributed by atoms with Crippen LogP contribution in [0, 0.1) is 35.5 Å². The Morgan fingerprint density at radius 2 is 2.23 bits per heavy atom. The molecule has 3 fully saturated rings. The van der Waals surface area contributed by atoms with Gasteiger partial charge in [-0.25, -0.2) is 0 Å². The first-order valence-electron chi connectivity index (χ1n) is 10.1. The molecule has 2 heterocycles. The molecule has 4 nitrogen and oxygen atoms in total. The van der Waals surface area contributed by atoms with Crippen LogP contribution in [0.25, 0.3) is 0 Å². The van der Waals surface area contributed by atoms with E-state index in [2.05, 4.69) is 37.8 Å². The van der Waals surface area contributed by atoms with E-state index in [9.17, 15) is 4.79 Å². The van der Waals surface area contributed by atoms with Crippen molar-refractivity contribution in [3.05, 3.63) is 12.2 Å². The Kier molecular flexibility index (Phi) is 6.78. The van der Waals surface area contributed by atoms with Gasteiger partial charge in [-0.05, 0) is 50.4 Å². The molecular formula is C22H32O4. The molecule has 2 aliphatic heterocycles. The number of hydrogen-bond donors (Lipinski definition) is 0. The van der Waals surface area contributed by atoms with Crippen LogP contribution in [0.3, 0.4) is 0 Å². The van der Waals surface area contributed by atoms with Gasteiger partial charge in [0.2, 0.25) is 0 Å². The van der Waals surface area contributed by atoms with Crippen LogP contribution < -0.4 is 0 Å². The second kappa shape index (κ2) is 9.06. The van der Waals surface area contributed by atoms with Gasteiger partial charge in [-0.1, -0.05) is 26.0 Å². The van der Waals surface area contributed by atoms with Gasteiger partial charge in [-0.3, -0.25) is 4.79 Å². The third-order valence-corrected chi connectivity index (χ3v) is 6.05. The van der Waals surface area contributed by atoms with Crippen LogP contribution in [0.4, 0.5) is 0 Å². The minimum absolute atomic E-state index is 0.0109. The van der Waals surface area contributed by atoms with Gasteiger partial charge in [-0.2, -0.15) is 0 Å². The molecule has 0 spiro atoms. The Labute approximate surface area is 157 Å². The van der Waals surface area contributed by atoms with Gasteiger partial charge in [-0.15, -0.1) is 11.8 Å². The van der Waals surface area contributed by atoms with Crippen LogP contribution in [0.15, 0.2) is 12.2 Å². The van der Waals surface area contributed by atoms with Crippen molar-refractivity contribution in [3.8, 4) is 11.8 Å². The van der Waals surface area contributed by atoms with Crippen molar-refractivity contribution < 1.29 is 19.0 Å². The molecule has 0 N–H and O–H groups in total. The van der Waals surface area contributed by atoms with Gasteiger partial charge in [0.15, 0.2) is 6.29 Å². The summed E-state index contributed by atoms with van der Waals surface area (Å²) in [6.45, 7) is 7.10. The first kappa shape index (κ1) is 19.5. The molecule has 7 atom stereocenters. The van der Waals surface area contributed by atoms with Crippen molar-refractivity contribution in [2.45, 2.75) is 77.8 Å². The Hall–Kier alpha value is -1.31. The predicted octanol–water partition coefficient (Wildman–Crippen LogP) is 4.09. The lowest BCUT2D eigenvalue weighted by atomic mass is 9.87.